The van der Waals surface area contributed by atoms with Gasteiger partial charge in [0.1, 0.15) is 5.69 Å². The topological polar surface area (TPSA) is 76.6 Å². The number of nitrogens with zero attached hydrogens (tertiary/aromatic N) is 3. The molecule has 18 heavy (non-hydrogen) atoms. The van der Waals surface area contributed by atoms with Gasteiger partial charge in [0.25, 0.3) is 5.91 Å². The number of amides is 1. The van der Waals surface area contributed by atoms with E-state index < -0.39 is 0 Å². The van der Waals surface area contributed by atoms with Crippen molar-refractivity contribution < 1.29 is 14.3 Å². The summed E-state index contributed by atoms with van der Waals surface area (Å²) >= 11 is 0. The number of hydrogen-bond acceptors (Lipinski definition) is 6. The van der Waals surface area contributed by atoms with Crippen LogP contribution < -0.4 is 10.1 Å². The van der Waals surface area contributed by atoms with Crippen molar-refractivity contribution in [3.8, 4) is 5.88 Å². The number of nitrogens with one attached hydrogen (secondary N) is 1. The molecule has 1 aromatic heterocycles. The third-order valence-corrected chi connectivity index (χ3v) is 2.39. The van der Waals surface area contributed by atoms with Crippen LogP contribution in [0.15, 0.2) is 6.20 Å². The minimum absolute atomic E-state index is 0.101. The van der Waals surface area contributed by atoms with Gasteiger partial charge in [0.05, 0.1) is 19.9 Å². The van der Waals surface area contributed by atoms with Gasteiger partial charge >= 0.3 is 0 Å². The Morgan fingerprint density at radius 1 is 1.50 bits per heavy atom. The first-order chi connectivity index (χ1) is 8.63. The second-order valence-corrected chi connectivity index (χ2v) is 3.59. The molecule has 0 aliphatic carbocycles. The molecule has 1 N–H and O–H groups in total. The number of carbonyl (C=O) groups is 1. The highest BCUT2D eigenvalue weighted by Gasteiger charge is 2.17. The van der Waals surface area contributed by atoms with Crippen LogP contribution in [0.4, 0.5) is 5.69 Å². The smallest absolute Gasteiger partial charge is 0.291 e. The molecule has 1 heterocycles. The zero-order valence-corrected chi connectivity index (χ0v) is 11.1. The first kappa shape index (κ1) is 14.2. The third kappa shape index (κ3) is 3.30. The molecular formula is C11H18N4O3. The molecule has 0 aliphatic heterocycles. The number of carbonyl (C=O) groups excluding carboxylic acids is 1. The maximum Gasteiger partial charge on any atom is 0.291 e. The number of hydrogen-bond donors (Lipinski definition) is 1. The molecule has 1 rings (SSSR count). The Bertz CT molecular complexity index is 411. The second-order valence-electron chi connectivity index (χ2n) is 3.59. The summed E-state index contributed by atoms with van der Waals surface area (Å²) in [5.74, 6) is 0.174. The number of likely N-dealkylation sites (N-methyl/N-ethyl adjacent to an activating group) is 1. The van der Waals surface area contributed by atoms with E-state index >= 15 is 0 Å². The van der Waals surface area contributed by atoms with Gasteiger partial charge in [-0.05, 0) is 0 Å². The van der Waals surface area contributed by atoms with Crippen molar-refractivity contribution in [2.75, 3.05) is 46.8 Å². The summed E-state index contributed by atoms with van der Waals surface area (Å²) in [6, 6.07) is 0. The monoisotopic (exact) mass is 254 g/mol. The summed E-state index contributed by atoms with van der Waals surface area (Å²) in [7, 11) is 6.47. The largest absolute Gasteiger partial charge is 0.479 e. The highest BCUT2D eigenvalue weighted by molar-refractivity contribution is 5.90. The molecule has 0 saturated carbocycles. The molecule has 0 fully saturated rings. The fourth-order valence-corrected chi connectivity index (χ4v) is 1.30. The van der Waals surface area contributed by atoms with Crippen molar-refractivity contribution in [2.45, 2.75) is 0 Å². The van der Waals surface area contributed by atoms with Crippen molar-refractivity contribution in [2.24, 2.45) is 0 Å². The Labute approximate surface area is 106 Å². The first-order valence-corrected chi connectivity index (χ1v) is 5.47. The average molecular weight is 254 g/mol. The van der Waals surface area contributed by atoms with Gasteiger partial charge < -0.3 is 19.7 Å². The van der Waals surface area contributed by atoms with Crippen LogP contribution in [0.5, 0.6) is 5.88 Å². The molecule has 0 aromatic carbocycles. The fourth-order valence-electron chi connectivity index (χ4n) is 1.30. The van der Waals surface area contributed by atoms with E-state index in [1.54, 1.807) is 21.2 Å². The minimum atomic E-state index is -0.270. The van der Waals surface area contributed by atoms with Gasteiger partial charge in [-0.25, -0.2) is 4.98 Å². The van der Waals surface area contributed by atoms with Crippen molar-refractivity contribution in [3.05, 3.63) is 12.0 Å². The molecule has 1 amide bonds. The van der Waals surface area contributed by atoms with Crippen LogP contribution in [-0.4, -0.2) is 62.2 Å². The first-order valence-electron chi connectivity index (χ1n) is 5.47. The van der Waals surface area contributed by atoms with Gasteiger partial charge in [-0.3, -0.25) is 4.79 Å². The molecule has 0 bridgehead atoms. The van der Waals surface area contributed by atoms with Crippen molar-refractivity contribution >= 4 is 11.6 Å². The summed E-state index contributed by atoms with van der Waals surface area (Å²) in [6.45, 7) is 0.947. The normalized spacial score (nSPS) is 10.0. The second kappa shape index (κ2) is 6.75. The molecule has 0 saturated heterocycles. The zero-order chi connectivity index (χ0) is 13.5. The Morgan fingerprint density at radius 3 is 2.78 bits per heavy atom. The number of anilines is 1. The summed E-state index contributed by atoms with van der Waals surface area (Å²) in [4.78, 5) is 21.5. The molecular weight excluding hydrogens is 236 g/mol. The van der Waals surface area contributed by atoms with Crippen LogP contribution in [0, 0.1) is 0 Å². The number of methoxy groups -OCH3 is 2. The molecule has 0 spiro atoms. The van der Waals surface area contributed by atoms with E-state index in [0.717, 1.165) is 0 Å². The summed E-state index contributed by atoms with van der Waals surface area (Å²) in [5, 5.41) is 2.88. The van der Waals surface area contributed by atoms with Crippen molar-refractivity contribution in [1.82, 2.24) is 14.9 Å². The van der Waals surface area contributed by atoms with E-state index in [2.05, 4.69) is 15.3 Å². The molecule has 7 heteroatoms. The van der Waals surface area contributed by atoms with Crippen molar-refractivity contribution in [3.63, 3.8) is 0 Å². The molecule has 0 radical (unpaired) electrons. The van der Waals surface area contributed by atoms with Gasteiger partial charge in [0.2, 0.25) is 11.7 Å². The highest BCUT2D eigenvalue weighted by Crippen LogP contribution is 2.19. The number of rotatable bonds is 6. The molecule has 100 valence electrons. The number of aromatic nitrogens is 2. The van der Waals surface area contributed by atoms with Crippen LogP contribution in [0.25, 0.3) is 0 Å². The van der Waals surface area contributed by atoms with Gasteiger partial charge in [-0.2, -0.15) is 4.98 Å². The predicted molar refractivity (Wildman–Crippen MR) is 67.0 cm³/mol. The lowest BCUT2D eigenvalue weighted by Crippen LogP contribution is -2.31. The van der Waals surface area contributed by atoms with E-state index in [4.69, 9.17) is 9.47 Å². The van der Waals surface area contributed by atoms with Gasteiger partial charge in [0.15, 0.2) is 0 Å². The van der Waals surface area contributed by atoms with Gasteiger partial charge in [-0.15, -0.1) is 0 Å². The average Bonchev–Trinajstić information content (AvgIpc) is 2.42. The molecule has 7 nitrogen and oxygen atoms in total. The minimum Gasteiger partial charge on any atom is -0.479 e. The van der Waals surface area contributed by atoms with E-state index in [-0.39, 0.29) is 11.7 Å². The molecule has 0 unspecified atom stereocenters. The Kier molecular flexibility index (Phi) is 5.31. The fraction of sp³-hybridized carbons (Fsp3) is 0.545. The lowest BCUT2D eigenvalue weighted by Gasteiger charge is -2.16. The summed E-state index contributed by atoms with van der Waals surface area (Å²) in [5.41, 5.74) is 0.633. The van der Waals surface area contributed by atoms with Crippen molar-refractivity contribution in [1.29, 1.82) is 0 Å². The summed E-state index contributed by atoms with van der Waals surface area (Å²) < 4.78 is 9.99. The quantitative estimate of drug-likeness (QED) is 0.784. The lowest BCUT2D eigenvalue weighted by atomic mass is 10.4. The van der Waals surface area contributed by atoms with E-state index in [1.165, 1.54) is 18.2 Å². The third-order valence-electron chi connectivity index (χ3n) is 2.39. The van der Waals surface area contributed by atoms with Gasteiger partial charge in [-0.1, -0.05) is 0 Å². The number of ether oxygens (including phenoxy) is 2. The van der Waals surface area contributed by atoms with Crippen LogP contribution in [-0.2, 0) is 4.74 Å². The molecule has 1 aromatic rings. The molecule has 0 atom stereocenters. The Hall–Kier alpha value is -1.89. The standard InChI is InChI=1S/C11H18N4O3/c1-12-8-7-13-9(14-10(8)18-4)11(16)15(2)5-6-17-3/h7,12H,5-6H2,1-4H3. The van der Waals surface area contributed by atoms with Crippen LogP contribution in [0.3, 0.4) is 0 Å². The summed E-state index contributed by atoms with van der Waals surface area (Å²) in [6.07, 6.45) is 1.52. The maximum absolute atomic E-state index is 12.0. The van der Waals surface area contributed by atoms with Crippen LogP contribution >= 0.6 is 0 Å². The van der Waals surface area contributed by atoms with E-state index in [1.807, 2.05) is 0 Å². The predicted octanol–water partition coefficient (Wildman–Crippen LogP) is 0.245. The van der Waals surface area contributed by atoms with Crippen LogP contribution in [0.1, 0.15) is 10.6 Å². The zero-order valence-electron chi connectivity index (χ0n) is 11.1. The lowest BCUT2D eigenvalue weighted by molar-refractivity contribution is 0.0731. The highest BCUT2D eigenvalue weighted by atomic mass is 16.5. The van der Waals surface area contributed by atoms with Gasteiger partial charge in [0, 0.05) is 27.7 Å². The van der Waals surface area contributed by atoms with Crippen LogP contribution in [0.2, 0.25) is 0 Å². The van der Waals surface area contributed by atoms with E-state index in [0.29, 0.717) is 24.7 Å². The van der Waals surface area contributed by atoms with E-state index in [9.17, 15) is 4.79 Å². The maximum atomic E-state index is 12.0. The molecule has 0 aliphatic rings. The Balaban J connectivity index is 2.86. The Morgan fingerprint density at radius 2 is 2.22 bits per heavy atom. The SMILES string of the molecule is CNc1cnc(C(=O)N(C)CCOC)nc1OC.